The van der Waals surface area contributed by atoms with E-state index >= 15 is 0 Å². The number of hydrogen-bond donors (Lipinski definition) is 0. The van der Waals surface area contributed by atoms with E-state index in [1.165, 1.54) is 6.20 Å². The molecule has 1 rings (SSSR count). The highest BCUT2D eigenvalue weighted by Gasteiger charge is 2.13. The molecule has 58 valence electrons. The van der Waals surface area contributed by atoms with Gasteiger partial charge in [-0.3, -0.25) is 0 Å². The van der Waals surface area contributed by atoms with Crippen molar-refractivity contribution in [2.75, 3.05) is 7.11 Å². The SMILES string of the molecule is COC(=O)c1nccnc1F. The lowest BCUT2D eigenvalue weighted by Crippen LogP contribution is -2.08. The fourth-order valence-corrected chi connectivity index (χ4v) is 0.555. The Balaban J connectivity index is 3.03. The van der Waals surface area contributed by atoms with Crippen LogP contribution >= 0.6 is 0 Å². The third-order valence-corrected chi connectivity index (χ3v) is 1.03. The van der Waals surface area contributed by atoms with Crippen molar-refractivity contribution in [3.8, 4) is 0 Å². The number of ether oxygens (including phenoxy) is 1. The Morgan fingerprint density at radius 2 is 2.18 bits per heavy atom. The van der Waals surface area contributed by atoms with Crippen LogP contribution in [0.2, 0.25) is 0 Å². The van der Waals surface area contributed by atoms with Gasteiger partial charge in [0.2, 0.25) is 11.6 Å². The van der Waals surface area contributed by atoms with Crippen molar-refractivity contribution in [2.45, 2.75) is 0 Å². The Labute approximate surface area is 62.0 Å². The topological polar surface area (TPSA) is 52.1 Å². The molecule has 0 aliphatic rings. The lowest BCUT2D eigenvalue weighted by atomic mass is 10.4. The molecule has 0 saturated carbocycles. The Bertz CT molecular complexity index is 277. The molecule has 0 fully saturated rings. The number of methoxy groups -OCH3 is 1. The maximum Gasteiger partial charge on any atom is 0.361 e. The van der Waals surface area contributed by atoms with Crippen LogP contribution in [0.5, 0.6) is 0 Å². The summed E-state index contributed by atoms with van der Waals surface area (Å²) in [7, 11) is 1.15. The number of esters is 1. The van der Waals surface area contributed by atoms with E-state index < -0.39 is 17.6 Å². The van der Waals surface area contributed by atoms with E-state index in [1.54, 1.807) is 0 Å². The van der Waals surface area contributed by atoms with Gasteiger partial charge in [0, 0.05) is 12.4 Å². The highest BCUT2D eigenvalue weighted by molar-refractivity contribution is 5.86. The van der Waals surface area contributed by atoms with Crippen LogP contribution in [0.4, 0.5) is 4.39 Å². The van der Waals surface area contributed by atoms with Gasteiger partial charge in [0.1, 0.15) is 0 Å². The average Bonchev–Trinajstić information content (AvgIpc) is 2.04. The van der Waals surface area contributed by atoms with Gasteiger partial charge in [0.25, 0.3) is 0 Å². The highest BCUT2D eigenvalue weighted by atomic mass is 19.1. The van der Waals surface area contributed by atoms with Crippen molar-refractivity contribution in [1.82, 2.24) is 9.97 Å². The lowest BCUT2D eigenvalue weighted by molar-refractivity contribution is 0.0587. The van der Waals surface area contributed by atoms with E-state index in [0.717, 1.165) is 13.3 Å². The third-order valence-electron chi connectivity index (χ3n) is 1.03. The molecular formula is C6H5FN2O2. The van der Waals surface area contributed by atoms with Crippen molar-refractivity contribution in [3.63, 3.8) is 0 Å². The predicted octanol–water partition coefficient (Wildman–Crippen LogP) is 0.402. The smallest absolute Gasteiger partial charge is 0.361 e. The van der Waals surface area contributed by atoms with E-state index in [-0.39, 0.29) is 0 Å². The molecule has 0 saturated heterocycles. The van der Waals surface area contributed by atoms with Crippen molar-refractivity contribution >= 4 is 5.97 Å². The summed E-state index contributed by atoms with van der Waals surface area (Å²) in [6.45, 7) is 0. The van der Waals surface area contributed by atoms with Gasteiger partial charge < -0.3 is 4.74 Å². The standard InChI is InChI=1S/C6H5FN2O2/c1-11-6(10)4-5(7)9-3-2-8-4/h2-3H,1H3. The van der Waals surface area contributed by atoms with Crippen LogP contribution in [0.15, 0.2) is 12.4 Å². The van der Waals surface area contributed by atoms with E-state index in [4.69, 9.17) is 0 Å². The first kappa shape index (κ1) is 7.59. The fourth-order valence-electron chi connectivity index (χ4n) is 0.555. The summed E-state index contributed by atoms with van der Waals surface area (Å²) in [5, 5.41) is 0. The van der Waals surface area contributed by atoms with Crippen molar-refractivity contribution in [3.05, 3.63) is 24.0 Å². The van der Waals surface area contributed by atoms with Crippen LogP contribution in [0, 0.1) is 5.95 Å². The summed E-state index contributed by atoms with van der Waals surface area (Å²) >= 11 is 0. The van der Waals surface area contributed by atoms with Crippen molar-refractivity contribution < 1.29 is 13.9 Å². The maximum absolute atomic E-state index is 12.6. The number of carbonyl (C=O) groups excluding carboxylic acids is 1. The highest BCUT2D eigenvalue weighted by Crippen LogP contribution is 1.99. The minimum Gasteiger partial charge on any atom is -0.464 e. The van der Waals surface area contributed by atoms with Gasteiger partial charge in [-0.05, 0) is 0 Å². The largest absolute Gasteiger partial charge is 0.464 e. The van der Waals surface area contributed by atoms with Gasteiger partial charge >= 0.3 is 5.97 Å². The normalized spacial score (nSPS) is 9.27. The maximum atomic E-state index is 12.6. The molecule has 0 aliphatic heterocycles. The van der Waals surface area contributed by atoms with Gasteiger partial charge in [0.05, 0.1) is 7.11 Å². The molecule has 0 radical (unpaired) electrons. The molecule has 4 nitrogen and oxygen atoms in total. The van der Waals surface area contributed by atoms with E-state index in [2.05, 4.69) is 14.7 Å². The zero-order valence-electron chi connectivity index (χ0n) is 5.74. The first-order valence-electron chi connectivity index (χ1n) is 2.80. The second-order valence-corrected chi connectivity index (χ2v) is 1.69. The molecule has 0 unspecified atom stereocenters. The fraction of sp³-hybridized carbons (Fsp3) is 0.167. The number of hydrogen-bond acceptors (Lipinski definition) is 4. The van der Waals surface area contributed by atoms with Gasteiger partial charge in [-0.1, -0.05) is 0 Å². The molecule has 1 heterocycles. The second-order valence-electron chi connectivity index (χ2n) is 1.69. The summed E-state index contributed by atoms with van der Waals surface area (Å²) in [5.41, 5.74) is -0.394. The number of carbonyl (C=O) groups is 1. The second kappa shape index (κ2) is 3.05. The molecule has 1 aromatic heterocycles. The van der Waals surface area contributed by atoms with Crippen LogP contribution in [-0.2, 0) is 4.74 Å². The molecular weight excluding hydrogens is 151 g/mol. The van der Waals surface area contributed by atoms with E-state index in [9.17, 15) is 9.18 Å². The monoisotopic (exact) mass is 156 g/mol. The number of aromatic nitrogens is 2. The molecule has 0 N–H and O–H groups in total. The molecule has 11 heavy (non-hydrogen) atoms. The summed E-state index contributed by atoms with van der Waals surface area (Å²) in [6.07, 6.45) is 2.37. The third kappa shape index (κ3) is 1.49. The zero-order chi connectivity index (χ0) is 8.27. The first-order valence-corrected chi connectivity index (χ1v) is 2.80. The Hall–Kier alpha value is -1.52. The molecule has 0 bridgehead atoms. The quantitative estimate of drug-likeness (QED) is 0.552. The predicted molar refractivity (Wildman–Crippen MR) is 33.3 cm³/mol. The van der Waals surface area contributed by atoms with Crippen LogP contribution in [0.3, 0.4) is 0 Å². The molecule has 5 heteroatoms. The lowest BCUT2D eigenvalue weighted by Gasteiger charge is -1.96. The van der Waals surface area contributed by atoms with Gasteiger partial charge in [-0.25, -0.2) is 14.8 Å². The molecule has 0 amide bonds. The Kier molecular flexibility index (Phi) is 2.10. The van der Waals surface area contributed by atoms with Gasteiger partial charge in [-0.2, -0.15) is 4.39 Å². The van der Waals surface area contributed by atoms with Gasteiger partial charge in [-0.15, -0.1) is 0 Å². The molecule has 0 aromatic carbocycles. The zero-order valence-corrected chi connectivity index (χ0v) is 5.74. The first-order chi connectivity index (χ1) is 5.25. The van der Waals surface area contributed by atoms with E-state index in [0.29, 0.717) is 0 Å². The summed E-state index contributed by atoms with van der Waals surface area (Å²) in [6, 6.07) is 0. The minimum absolute atomic E-state index is 0.394. The van der Waals surface area contributed by atoms with Crippen LogP contribution in [0.1, 0.15) is 10.5 Å². The van der Waals surface area contributed by atoms with Gasteiger partial charge in [0.15, 0.2) is 0 Å². The molecule has 1 aromatic rings. The number of nitrogens with zero attached hydrogens (tertiary/aromatic N) is 2. The van der Waals surface area contributed by atoms with Crippen LogP contribution < -0.4 is 0 Å². The number of halogens is 1. The summed E-state index contributed by atoms with van der Waals surface area (Å²) in [4.78, 5) is 17.3. The molecule has 0 aliphatic carbocycles. The minimum atomic E-state index is -0.917. The van der Waals surface area contributed by atoms with Crippen molar-refractivity contribution in [2.24, 2.45) is 0 Å². The Morgan fingerprint density at radius 1 is 1.55 bits per heavy atom. The van der Waals surface area contributed by atoms with E-state index in [1.807, 2.05) is 0 Å². The summed E-state index contributed by atoms with van der Waals surface area (Å²) < 4.78 is 16.8. The Morgan fingerprint density at radius 3 is 2.73 bits per heavy atom. The average molecular weight is 156 g/mol. The molecule has 0 spiro atoms. The van der Waals surface area contributed by atoms with Crippen molar-refractivity contribution in [1.29, 1.82) is 0 Å². The summed E-state index contributed by atoms with van der Waals surface area (Å²) in [5.74, 6) is -1.74. The number of rotatable bonds is 1. The molecule has 0 atom stereocenters. The van der Waals surface area contributed by atoms with Crippen LogP contribution in [0.25, 0.3) is 0 Å². The van der Waals surface area contributed by atoms with Crippen LogP contribution in [-0.4, -0.2) is 23.0 Å².